The summed E-state index contributed by atoms with van der Waals surface area (Å²) in [5.74, 6) is 0.252. The van der Waals surface area contributed by atoms with Gasteiger partial charge in [0.15, 0.2) is 0 Å². The van der Waals surface area contributed by atoms with E-state index in [2.05, 4.69) is 9.82 Å². The molecule has 0 fully saturated rings. The lowest BCUT2D eigenvalue weighted by Crippen LogP contribution is -2.27. The maximum atomic E-state index is 12.4. The highest BCUT2D eigenvalue weighted by Gasteiger charge is 2.22. The first-order chi connectivity index (χ1) is 9.40. The van der Waals surface area contributed by atoms with Gasteiger partial charge in [0.05, 0.1) is 0 Å². The van der Waals surface area contributed by atoms with Gasteiger partial charge in [-0.05, 0) is 5.92 Å². The van der Waals surface area contributed by atoms with Gasteiger partial charge in [0.2, 0.25) is 10.0 Å². The van der Waals surface area contributed by atoms with Crippen LogP contribution in [0.2, 0.25) is 0 Å². The Bertz CT molecular complexity index is 676. The second-order valence-corrected chi connectivity index (χ2v) is 6.86. The SMILES string of the molecule is CC(C)CNS(=O)(=O)c1cn(C)nc1-c1ccccc1. The van der Waals surface area contributed by atoms with Crippen molar-refractivity contribution < 1.29 is 8.42 Å². The van der Waals surface area contributed by atoms with Gasteiger partial charge in [-0.15, -0.1) is 0 Å². The minimum atomic E-state index is -3.55. The number of sulfonamides is 1. The Balaban J connectivity index is 2.43. The zero-order valence-electron chi connectivity index (χ0n) is 11.9. The van der Waals surface area contributed by atoms with Gasteiger partial charge in [-0.1, -0.05) is 44.2 Å². The summed E-state index contributed by atoms with van der Waals surface area (Å²) >= 11 is 0. The van der Waals surface area contributed by atoms with E-state index < -0.39 is 10.0 Å². The van der Waals surface area contributed by atoms with Crippen LogP contribution in [-0.2, 0) is 17.1 Å². The van der Waals surface area contributed by atoms with Crippen LogP contribution in [0.3, 0.4) is 0 Å². The van der Waals surface area contributed by atoms with Gasteiger partial charge in [-0.25, -0.2) is 13.1 Å². The molecular weight excluding hydrogens is 274 g/mol. The summed E-state index contributed by atoms with van der Waals surface area (Å²) in [6, 6.07) is 9.31. The van der Waals surface area contributed by atoms with E-state index in [4.69, 9.17) is 0 Å². The molecule has 108 valence electrons. The molecule has 1 heterocycles. The summed E-state index contributed by atoms with van der Waals surface area (Å²) in [7, 11) is -1.83. The van der Waals surface area contributed by atoms with Crippen LogP contribution in [0.1, 0.15) is 13.8 Å². The highest BCUT2D eigenvalue weighted by molar-refractivity contribution is 7.89. The first-order valence-corrected chi connectivity index (χ1v) is 7.97. The third-order valence-electron chi connectivity index (χ3n) is 2.81. The molecule has 0 spiro atoms. The summed E-state index contributed by atoms with van der Waals surface area (Å²) in [4.78, 5) is 0.215. The average Bonchev–Trinajstić information content (AvgIpc) is 2.81. The van der Waals surface area contributed by atoms with Crippen molar-refractivity contribution in [3.05, 3.63) is 36.5 Å². The first kappa shape index (κ1) is 14.7. The van der Waals surface area contributed by atoms with Crippen molar-refractivity contribution >= 4 is 10.0 Å². The Morgan fingerprint density at radius 3 is 2.50 bits per heavy atom. The molecule has 20 heavy (non-hydrogen) atoms. The largest absolute Gasteiger partial charge is 0.274 e. The maximum absolute atomic E-state index is 12.4. The minimum absolute atomic E-state index is 0.215. The highest BCUT2D eigenvalue weighted by Crippen LogP contribution is 2.25. The molecule has 0 aliphatic heterocycles. The van der Waals surface area contributed by atoms with Gasteiger partial charge in [-0.2, -0.15) is 5.10 Å². The zero-order chi connectivity index (χ0) is 14.8. The van der Waals surface area contributed by atoms with E-state index in [1.807, 2.05) is 44.2 Å². The van der Waals surface area contributed by atoms with Crippen LogP contribution in [-0.4, -0.2) is 24.7 Å². The summed E-state index contributed by atoms with van der Waals surface area (Å²) in [5.41, 5.74) is 1.27. The number of benzene rings is 1. The Labute approximate surface area is 119 Å². The Kier molecular flexibility index (Phi) is 4.25. The van der Waals surface area contributed by atoms with Gasteiger partial charge in [0.25, 0.3) is 0 Å². The van der Waals surface area contributed by atoms with Crippen LogP contribution in [0.4, 0.5) is 0 Å². The lowest BCUT2D eigenvalue weighted by atomic mass is 10.2. The number of aryl methyl sites for hydroxylation is 1. The molecular formula is C14H19N3O2S. The number of nitrogens with one attached hydrogen (secondary N) is 1. The van der Waals surface area contributed by atoms with Crippen molar-refractivity contribution in [1.82, 2.24) is 14.5 Å². The van der Waals surface area contributed by atoms with E-state index in [0.717, 1.165) is 5.56 Å². The van der Waals surface area contributed by atoms with Crippen molar-refractivity contribution in [2.45, 2.75) is 18.7 Å². The quantitative estimate of drug-likeness (QED) is 0.917. The van der Waals surface area contributed by atoms with Crippen molar-refractivity contribution in [2.24, 2.45) is 13.0 Å². The van der Waals surface area contributed by atoms with E-state index in [0.29, 0.717) is 12.2 Å². The van der Waals surface area contributed by atoms with Gasteiger partial charge in [0, 0.05) is 25.4 Å². The standard InChI is InChI=1S/C14H19N3O2S/c1-11(2)9-15-20(18,19)13-10-17(3)16-14(13)12-7-5-4-6-8-12/h4-8,10-11,15H,9H2,1-3H3. The Morgan fingerprint density at radius 2 is 1.90 bits per heavy atom. The van der Waals surface area contributed by atoms with Crippen LogP contribution in [0.5, 0.6) is 0 Å². The predicted octanol–water partition coefficient (Wildman–Crippen LogP) is 2.02. The van der Waals surface area contributed by atoms with Crippen molar-refractivity contribution in [1.29, 1.82) is 0 Å². The molecule has 2 aromatic rings. The summed E-state index contributed by atoms with van der Waals surface area (Å²) < 4.78 is 28.9. The van der Waals surface area contributed by atoms with E-state index in [1.54, 1.807) is 7.05 Å². The number of rotatable bonds is 5. The molecule has 0 atom stereocenters. The maximum Gasteiger partial charge on any atom is 0.244 e. The second kappa shape index (κ2) is 5.76. The topological polar surface area (TPSA) is 64.0 Å². The zero-order valence-corrected chi connectivity index (χ0v) is 12.7. The smallest absolute Gasteiger partial charge is 0.244 e. The fraction of sp³-hybridized carbons (Fsp3) is 0.357. The fourth-order valence-electron chi connectivity index (χ4n) is 1.81. The van der Waals surface area contributed by atoms with Crippen LogP contribution in [0, 0.1) is 5.92 Å². The van der Waals surface area contributed by atoms with Gasteiger partial charge >= 0.3 is 0 Å². The monoisotopic (exact) mass is 293 g/mol. The van der Waals surface area contributed by atoms with E-state index in [1.165, 1.54) is 10.9 Å². The second-order valence-electron chi connectivity index (χ2n) is 5.13. The number of aromatic nitrogens is 2. The molecule has 0 amide bonds. The molecule has 0 radical (unpaired) electrons. The van der Waals surface area contributed by atoms with Crippen LogP contribution < -0.4 is 4.72 Å². The van der Waals surface area contributed by atoms with Crippen LogP contribution in [0.25, 0.3) is 11.3 Å². The molecule has 1 N–H and O–H groups in total. The highest BCUT2D eigenvalue weighted by atomic mass is 32.2. The number of hydrogen-bond acceptors (Lipinski definition) is 3. The summed E-state index contributed by atoms with van der Waals surface area (Å²) in [5, 5.41) is 4.27. The Morgan fingerprint density at radius 1 is 1.25 bits per heavy atom. The normalized spacial score (nSPS) is 12.0. The molecule has 1 aromatic heterocycles. The predicted molar refractivity (Wildman–Crippen MR) is 78.7 cm³/mol. The van der Waals surface area contributed by atoms with E-state index in [9.17, 15) is 8.42 Å². The molecule has 0 bridgehead atoms. The first-order valence-electron chi connectivity index (χ1n) is 6.49. The van der Waals surface area contributed by atoms with Gasteiger partial charge in [-0.3, -0.25) is 4.68 Å². The molecule has 1 aromatic carbocycles. The van der Waals surface area contributed by atoms with Crippen molar-refractivity contribution in [3.8, 4) is 11.3 Å². The lowest BCUT2D eigenvalue weighted by Gasteiger charge is -2.08. The van der Waals surface area contributed by atoms with Crippen LogP contribution in [0.15, 0.2) is 41.4 Å². The molecule has 0 saturated carbocycles. The van der Waals surface area contributed by atoms with Gasteiger partial charge in [0.1, 0.15) is 10.6 Å². The molecule has 6 heteroatoms. The number of nitrogens with zero attached hydrogens (tertiary/aromatic N) is 2. The Hall–Kier alpha value is -1.66. The molecule has 0 saturated heterocycles. The molecule has 2 rings (SSSR count). The van der Waals surface area contributed by atoms with Crippen molar-refractivity contribution in [3.63, 3.8) is 0 Å². The molecule has 0 unspecified atom stereocenters. The summed E-state index contributed by atoms with van der Waals surface area (Å²) in [6.07, 6.45) is 1.53. The van der Waals surface area contributed by atoms with Crippen LogP contribution >= 0.6 is 0 Å². The molecule has 5 nitrogen and oxygen atoms in total. The van der Waals surface area contributed by atoms with Crippen molar-refractivity contribution in [2.75, 3.05) is 6.54 Å². The average molecular weight is 293 g/mol. The lowest BCUT2D eigenvalue weighted by molar-refractivity contribution is 0.560. The van der Waals surface area contributed by atoms with E-state index >= 15 is 0 Å². The third-order valence-corrected chi connectivity index (χ3v) is 4.24. The summed E-state index contributed by atoms with van der Waals surface area (Å²) in [6.45, 7) is 4.33. The fourth-order valence-corrected chi connectivity index (χ4v) is 3.23. The minimum Gasteiger partial charge on any atom is -0.274 e. The molecule has 0 aliphatic rings. The van der Waals surface area contributed by atoms with E-state index in [-0.39, 0.29) is 10.8 Å². The number of hydrogen-bond donors (Lipinski definition) is 1. The van der Waals surface area contributed by atoms with Gasteiger partial charge < -0.3 is 0 Å². The third kappa shape index (κ3) is 3.26. The molecule has 0 aliphatic carbocycles.